The molecule has 1 atom stereocenters. The van der Waals surface area contributed by atoms with Crippen molar-refractivity contribution in [1.82, 2.24) is 9.55 Å². The van der Waals surface area contributed by atoms with Crippen LogP contribution in [0.4, 0.5) is 0 Å². The molecule has 1 aliphatic heterocycles. The van der Waals surface area contributed by atoms with E-state index in [2.05, 4.69) is 4.98 Å². The van der Waals surface area contributed by atoms with Gasteiger partial charge >= 0.3 is 5.97 Å². The molecule has 166 valence electrons. The number of fused-ring (bicyclic) bond motifs is 1. The molecule has 0 aliphatic carbocycles. The molecule has 2 aromatic heterocycles. The van der Waals surface area contributed by atoms with E-state index in [0.29, 0.717) is 24.5 Å². The lowest BCUT2D eigenvalue weighted by Gasteiger charge is -2.27. The smallest absolute Gasteiger partial charge is 0.340 e. The van der Waals surface area contributed by atoms with Gasteiger partial charge in [0.15, 0.2) is 24.2 Å². The maximum absolute atomic E-state index is 12.7. The SMILES string of the molecule is Cc1cc(C(=O)COC(=O)c2cnc(Cl)c(Cl)c2)c(C)n1C[C@@H]1COc2ccccc2O1. The Balaban J connectivity index is 1.41. The van der Waals surface area contributed by atoms with E-state index in [4.69, 9.17) is 37.4 Å². The van der Waals surface area contributed by atoms with E-state index in [-0.39, 0.29) is 27.6 Å². The number of para-hydroxylation sites is 2. The minimum atomic E-state index is -0.704. The van der Waals surface area contributed by atoms with Gasteiger partial charge in [0.25, 0.3) is 0 Å². The topological polar surface area (TPSA) is 79.7 Å². The fourth-order valence-electron chi connectivity index (χ4n) is 3.55. The third-order valence-corrected chi connectivity index (χ3v) is 5.88. The minimum Gasteiger partial charge on any atom is -0.486 e. The maximum atomic E-state index is 12.7. The third-order valence-electron chi connectivity index (χ3n) is 5.19. The zero-order chi connectivity index (χ0) is 22.8. The second kappa shape index (κ2) is 9.22. The van der Waals surface area contributed by atoms with Gasteiger partial charge in [0.1, 0.15) is 11.8 Å². The van der Waals surface area contributed by atoms with Crippen LogP contribution in [-0.4, -0.2) is 40.6 Å². The molecule has 4 rings (SSSR count). The van der Waals surface area contributed by atoms with Gasteiger partial charge in [0.2, 0.25) is 5.78 Å². The molecule has 0 radical (unpaired) electrons. The summed E-state index contributed by atoms with van der Waals surface area (Å²) in [6, 6.07) is 10.6. The Bertz CT molecular complexity index is 1190. The van der Waals surface area contributed by atoms with Crippen molar-refractivity contribution in [3.63, 3.8) is 0 Å². The monoisotopic (exact) mass is 474 g/mol. The molecule has 7 nitrogen and oxygen atoms in total. The van der Waals surface area contributed by atoms with E-state index in [1.807, 2.05) is 42.7 Å². The largest absolute Gasteiger partial charge is 0.486 e. The lowest BCUT2D eigenvalue weighted by atomic mass is 10.1. The summed E-state index contributed by atoms with van der Waals surface area (Å²) in [5.74, 6) is 0.410. The minimum absolute atomic E-state index is 0.0857. The van der Waals surface area contributed by atoms with Gasteiger partial charge in [-0.2, -0.15) is 0 Å². The number of Topliss-reactive ketones (excluding diaryl/α,β-unsaturated/α-hetero) is 1. The molecule has 0 fully saturated rings. The molecule has 0 saturated heterocycles. The highest BCUT2D eigenvalue weighted by Gasteiger charge is 2.24. The van der Waals surface area contributed by atoms with Crippen LogP contribution < -0.4 is 9.47 Å². The summed E-state index contributed by atoms with van der Waals surface area (Å²) in [4.78, 5) is 28.8. The highest BCUT2D eigenvalue weighted by atomic mass is 35.5. The Morgan fingerprint density at radius 2 is 1.94 bits per heavy atom. The standard InChI is InChI=1S/C23H20Cl2N2O5/c1-13-7-17(19(28)12-31-23(29)15-8-18(24)22(25)26-9-15)14(2)27(13)10-16-11-30-20-5-3-4-6-21(20)32-16/h3-9,16H,10-12H2,1-2H3/t16-/m1/s1. The number of esters is 1. The van der Waals surface area contributed by atoms with Gasteiger partial charge in [-0.3, -0.25) is 4.79 Å². The number of halogens is 2. The molecular weight excluding hydrogens is 455 g/mol. The lowest BCUT2D eigenvalue weighted by Crippen LogP contribution is -2.33. The summed E-state index contributed by atoms with van der Waals surface area (Å²) in [7, 11) is 0. The summed E-state index contributed by atoms with van der Waals surface area (Å²) in [6.45, 7) is 4.29. The van der Waals surface area contributed by atoms with Crippen molar-refractivity contribution in [1.29, 1.82) is 0 Å². The number of hydrogen-bond acceptors (Lipinski definition) is 6. The molecule has 0 amide bonds. The number of benzene rings is 1. The van der Waals surface area contributed by atoms with Crippen LogP contribution in [0.15, 0.2) is 42.6 Å². The average Bonchev–Trinajstić information content (AvgIpc) is 3.07. The van der Waals surface area contributed by atoms with Crippen molar-refractivity contribution in [3.8, 4) is 11.5 Å². The summed E-state index contributed by atoms with van der Waals surface area (Å²) in [5.41, 5.74) is 2.27. The second-order valence-corrected chi connectivity index (χ2v) is 8.15. The quantitative estimate of drug-likeness (QED) is 0.293. The van der Waals surface area contributed by atoms with Gasteiger partial charge in [0.05, 0.1) is 17.1 Å². The van der Waals surface area contributed by atoms with Crippen molar-refractivity contribution in [2.24, 2.45) is 0 Å². The summed E-state index contributed by atoms with van der Waals surface area (Å²) >= 11 is 11.6. The number of nitrogens with zero attached hydrogens (tertiary/aromatic N) is 2. The van der Waals surface area contributed by atoms with Gasteiger partial charge < -0.3 is 18.8 Å². The van der Waals surface area contributed by atoms with Gasteiger partial charge in [-0.05, 0) is 38.1 Å². The first-order valence-corrected chi connectivity index (χ1v) is 10.7. The van der Waals surface area contributed by atoms with Crippen LogP contribution in [0, 0.1) is 13.8 Å². The van der Waals surface area contributed by atoms with Crippen molar-refractivity contribution < 1.29 is 23.8 Å². The van der Waals surface area contributed by atoms with Crippen molar-refractivity contribution in [2.75, 3.05) is 13.2 Å². The molecule has 3 heterocycles. The lowest BCUT2D eigenvalue weighted by molar-refractivity contribution is 0.0474. The number of rotatable bonds is 6. The van der Waals surface area contributed by atoms with E-state index in [1.54, 1.807) is 6.07 Å². The average molecular weight is 475 g/mol. The third kappa shape index (κ3) is 4.59. The summed E-state index contributed by atoms with van der Waals surface area (Å²) in [5, 5.41) is 0.218. The first-order chi connectivity index (χ1) is 15.3. The highest BCUT2D eigenvalue weighted by molar-refractivity contribution is 6.41. The first kappa shape index (κ1) is 22.2. The number of carbonyl (C=O) groups is 2. The van der Waals surface area contributed by atoms with Gasteiger partial charge in [0, 0.05) is 23.1 Å². The predicted molar refractivity (Wildman–Crippen MR) is 119 cm³/mol. The van der Waals surface area contributed by atoms with Crippen LogP contribution >= 0.6 is 23.2 Å². The highest BCUT2D eigenvalue weighted by Crippen LogP contribution is 2.31. The maximum Gasteiger partial charge on any atom is 0.340 e. The molecule has 3 aromatic rings. The van der Waals surface area contributed by atoms with Gasteiger partial charge in [-0.25, -0.2) is 9.78 Å². The fraction of sp³-hybridized carbons (Fsp3) is 0.261. The number of ketones is 1. The number of pyridine rings is 1. The molecule has 1 aromatic carbocycles. The normalized spacial score (nSPS) is 14.8. The van der Waals surface area contributed by atoms with Crippen LogP contribution in [0.2, 0.25) is 10.2 Å². The number of aryl methyl sites for hydroxylation is 1. The fourth-order valence-corrected chi connectivity index (χ4v) is 3.82. The zero-order valence-corrected chi connectivity index (χ0v) is 18.9. The van der Waals surface area contributed by atoms with E-state index in [9.17, 15) is 9.59 Å². The molecule has 0 unspecified atom stereocenters. The van der Waals surface area contributed by atoms with Crippen LogP contribution in [0.5, 0.6) is 11.5 Å². The second-order valence-electron chi connectivity index (χ2n) is 7.39. The summed E-state index contributed by atoms with van der Waals surface area (Å²) < 4.78 is 19.0. The molecule has 1 aliphatic rings. The number of carbonyl (C=O) groups excluding carboxylic acids is 2. The van der Waals surface area contributed by atoms with E-state index in [0.717, 1.165) is 17.1 Å². The van der Waals surface area contributed by atoms with Crippen LogP contribution in [0.1, 0.15) is 32.1 Å². The number of aromatic nitrogens is 2. The Labute approximate surface area is 194 Å². The van der Waals surface area contributed by atoms with E-state index < -0.39 is 12.6 Å². The Hall–Kier alpha value is -3.03. The van der Waals surface area contributed by atoms with Crippen molar-refractivity contribution in [3.05, 3.63) is 75.3 Å². The van der Waals surface area contributed by atoms with Crippen LogP contribution in [-0.2, 0) is 11.3 Å². The molecule has 0 spiro atoms. The van der Waals surface area contributed by atoms with Crippen LogP contribution in [0.25, 0.3) is 0 Å². The van der Waals surface area contributed by atoms with Crippen molar-refractivity contribution >= 4 is 35.0 Å². The number of ether oxygens (including phenoxy) is 3. The van der Waals surface area contributed by atoms with Gasteiger partial charge in [-0.1, -0.05) is 35.3 Å². The van der Waals surface area contributed by atoms with E-state index in [1.165, 1.54) is 12.3 Å². The van der Waals surface area contributed by atoms with Crippen molar-refractivity contribution in [2.45, 2.75) is 26.5 Å². The molecular formula is C23H20Cl2N2O5. The van der Waals surface area contributed by atoms with E-state index >= 15 is 0 Å². The summed E-state index contributed by atoms with van der Waals surface area (Å²) in [6.07, 6.45) is 1.05. The molecule has 0 saturated carbocycles. The predicted octanol–water partition coefficient (Wildman–Crippen LogP) is 4.69. The first-order valence-electron chi connectivity index (χ1n) is 9.90. The Morgan fingerprint density at radius 3 is 2.69 bits per heavy atom. The Morgan fingerprint density at radius 1 is 1.19 bits per heavy atom. The molecule has 32 heavy (non-hydrogen) atoms. The molecule has 0 N–H and O–H groups in total. The molecule has 0 bridgehead atoms. The Kier molecular flexibility index (Phi) is 6.39. The number of hydrogen-bond donors (Lipinski definition) is 0. The zero-order valence-electron chi connectivity index (χ0n) is 17.4. The molecule has 9 heteroatoms. The van der Waals surface area contributed by atoms with Gasteiger partial charge in [-0.15, -0.1) is 0 Å². The van der Waals surface area contributed by atoms with Crippen LogP contribution in [0.3, 0.4) is 0 Å².